The predicted octanol–water partition coefficient (Wildman–Crippen LogP) is 5.90. The molecule has 36 heavy (non-hydrogen) atoms. The van der Waals surface area contributed by atoms with Crippen LogP contribution in [-0.2, 0) is 23.0 Å². The zero-order valence-corrected chi connectivity index (χ0v) is 23.1. The Kier molecular flexibility index (Phi) is 7.50. The minimum atomic E-state index is -3.65. The molecule has 0 saturated carbocycles. The fourth-order valence-corrected chi connectivity index (χ4v) is 7.07. The van der Waals surface area contributed by atoms with Crippen LogP contribution in [-0.4, -0.2) is 23.5 Å². The highest BCUT2D eigenvalue weighted by atomic mass is 32.2. The molecular formula is C28H33N3O3S2. The van der Waals surface area contributed by atoms with Crippen LogP contribution in [0.2, 0.25) is 0 Å². The van der Waals surface area contributed by atoms with Gasteiger partial charge in [-0.25, -0.2) is 18.1 Å². The maximum Gasteiger partial charge on any atom is 0.261 e. The molecule has 8 heteroatoms. The third-order valence-corrected chi connectivity index (χ3v) is 8.75. The highest BCUT2D eigenvalue weighted by molar-refractivity contribution is 7.89. The van der Waals surface area contributed by atoms with Crippen molar-refractivity contribution in [3.05, 3.63) is 81.2 Å². The molecule has 6 nitrogen and oxygen atoms in total. The molecule has 0 saturated heterocycles. The molecule has 0 aliphatic heterocycles. The lowest BCUT2D eigenvalue weighted by Gasteiger charge is -2.20. The van der Waals surface area contributed by atoms with E-state index in [1.165, 1.54) is 11.3 Å². The summed E-state index contributed by atoms with van der Waals surface area (Å²) >= 11 is 1.40. The van der Waals surface area contributed by atoms with Gasteiger partial charge in [-0.2, -0.15) is 0 Å². The Morgan fingerprint density at radius 1 is 1.06 bits per heavy atom. The normalized spacial score (nSPS) is 12.4. The maximum absolute atomic E-state index is 13.4. The second kappa shape index (κ2) is 10.3. The topological polar surface area (TPSA) is 81.1 Å². The van der Waals surface area contributed by atoms with Crippen molar-refractivity contribution in [3.8, 4) is 10.4 Å². The molecule has 0 aliphatic carbocycles. The van der Waals surface area contributed by atoms with E-state index in [0.29, 0.717) is 16.8 Å². The molecular weight excluding hydrogens is 490 g/mol. The lowest BCUT2D eigenvalue weighted by Crippen LogP contribution is -2.40. The van der Waals surface area contributed by atoms with Crippen molar-refractivity contribution in [2.24, 2.45) is 0 Å². The molecule has 0 fully saturated rings. The van der Waals surface area contributed by atoms with Crippen molar-refractivity contribution in [1.29, 1.82) is 0 Å². The number of aromatic nitrogens is 2. The molecule has 1 N–H and O–H groups in total. The van der Waals surface area contributed by atoms with Crippen molar-refractivity contribution in [1.82, 2.24) is 14.3 Å². The molecule has 0 atom stereocenters. The van der Waals surface area contributed by atoms with E-state index in [1.807, 2.05) is 70.2 Å². The highest BCUT2D eigenvalue weighted by Gasteiger charge is 2.26. The summed E-state index contributed by atoms with van der Waals surface area (Å²) in [6.45, 7) is 9.99. The summed E-state index contributed by atoms with van der Waals surface area (Å²) in [5, 5.41) is 2.43. The fourth-order valence-electron chi connectivity index (χ4n) is 4.19. The van der Waals surface area contributed by atoms with Crippen molar-refractivity contribution >= 4 is 32.3 Å². The molecule has 2 aromatic carbocycles. The molecule has 0 amide bonds. The summed E-state index contributed by atoms with van der Waals surface area (Å²) < 4.78 is 30.4. The summed E-state index contributed by atoms with van der Waals surface area (Å²) in [5.41, 5.74) is 2.95. The number of hydrogen-bond acceptors (Lipinski definition) is 5. The summed E-state index contributed by atoms with van der Waals surface area (Å²) in [4.78, 5) is 19.2. The molecule has 0 aliphatic rings. The molecule has 4 aromatic rings. The zero-order valence-electron chi connectivity index (χ0n) is 21.5. The number of unbranched alkanes of at least 4 members (excludes halogenated alkanes) is 1. The summed E-state index contributed by atoms with van der Waals surface area (Å²) in [7, 11) is -3.65. The molecule has 190 valence electrons. The summed E-state index contributed by atoms with van der Waals surface area (Å²) in [5.74, 6) is 0.794. The summed E-state index contributed by atoms with van der Waals surface area (Å²) in [6.07, 6.45) is 2.72. The van der Waals surface area contributed by atoms with Gasteiger partial charge >= 0.3 is 0 Å². The van der Waals surface area contributed by atoms with E-state index in [-0.39, 0.29) is 10.5 Å². The van der Waals surface area contributed by atoms with Gasteiger partial charge < -0.3 is 0 Å². The lowest BCUT2D eigenvalue weighted by atomic mass is 10.1. The number of rotatable bonds is 8. The second-order valence-electron chi connectivity index (χ2n) is 10.2. The van der Waals surface area contributed by atoms with Crippen LogP contribution in [0.3, 0.4) is 0 Å². The van der Waals surface area contributed by atoms with Crippen LogP contribution in [0.15, 0.2) is 63.6 Å². The van der Waals surface area contributed by atoms with Crippen LogP contribution in [0.1, 0.15) is 57.5 Å². The van der Waals surface area contributed by atoms with Crippen LogP contribution in [0.4, 0.5) is 0 Å². The molecule has 4 rings (SSSR count). The van der Waals surface area contributed by atoms with Gasteiger partial charge in [0, 0.05) is 12.0 Å². The molecule has 2 aromatic heterocycles. The van der Waals surface area contributed by atoms with E-state index < -0.39 is 15.6 Å². The predicted molar refractivity (Wildman–Crippen MR) is 148 cm³/mol. The number of aryl methyl sites for hydroxylation is 2. The van der Waals surface area contributed by atoms with E-state index in [4.69, 9.17) is 4.98 Å². The first kappa shape index (κ1) is 26.3. The quantitative estimate of drug-likeness (QED) is 0.312. The Morgan fingerprint density at radius 2 is 1.78 bits per heavy atom. The van der Waals surface area contributed by atoms with Crippen molar-refractivity contribution in [2.75, 3.05) is 0 Å². The van der Waals surface area contributed by atoms with Gasteiger partial charge in [-0.05, 0) is 68.8 Å². The van der Waals surface area contributed by atoms with Gasteiger partial charge in [-0.1, -0.05) is 49.2 Å². The van der Waals surface area contributed by atoms with E-state index in [2.05, 4.69) is 11.6 Å². The smallest absolute Gasteiger partial charge is 0.261 e. The van der Waals surface area contributed by atoms with E-state index in [9.17, 15) is 13.2 Å². The van der Waals surface area contributed by atoms with Crippen molar-refractivity contribution in [2.45, 2.75) is 70.9 Å². The number of fused-ring (bicyclic) bond motifs is 1. The average Bonchev–Trinajstić information content (AvgIpc) is 3.30. The first-order chi connectivity index (χ1) is 17.0. The Morgan fingerprint density at radius 3 is 2.44 bits per heavy atom. The van der Waals surface area contributed by atoms with Crippen LogP contribution < -0.4 is 10.3 Å². The SMILES string of the molecule is CCCCc1nc2ccc(C)cc2c(=O)n1Cc1ccc(-c2sccc2S(=O)(=O)NC(C)(C)C)cc1. The first-order valence-corrected chi connectivity index (χ1v) is 14.6. The van der Waals surface area contributed by atoms with Gasteiger partial charge in [0.05, 0.1) is 22.3 Å². The van der Waals surface area contributed by atoms with Crippen molar-refractivity contribution in [3.63, 3.8) is 0 Å². The van der Waals surface area contributed by atoms with Crippen LogP contribution in [0.5, 0.6) is 0 Å². The van der Waals surface area contributed by atoms with Crippen LogP contribution >= 0.6 is 11.3 Å². The minimum absolute atomic E-state index is 0.0289. The van der Waals surface area contributed by atoms with Gasteiger partial charge in [0.2, 0.25) is 10.0 Å². The van der Waals surface area contributed by atoms with Gasteiger partial charge in [-0.15, -0.1) is 11.3 Å². The minimum Gasteiger partial charge on any atom is -0.292 e. The number of nitrogens with zero attached hydrogens (tertiary/aromatic N) is 2. The molecule has 0 radical (unpaired) electrons. The molecule has 0 spiro atoms. The molecule has 2 heterocycles. The summed E-state index contributed by atoms with van der Waals surface area (Å²) in [6, 6.07) is 15.2. The Bertz CT molecular complexity index is 1540. The van der Waals surface area contributed by atoms with E-state index in [0.717, 1.165) is 47.3 Å². The highest BCUT2D eigenvalue weighted by Crippen LogP contribution is 2.33. The van der Waals surface area contributed by atoms with Crippen molar-refractivity contribution < 1.29 is 8.42 Å². The van der Waals surface area contributed by atoms with Gasteiger partial charge in [0.1, 0.15) is 10.7 Å². The van der Waals surface area contributed by atoms with Gasteiger partial charge in [-0.3, -0.25) is 9.36 Å². The number of nitrogens with one attached hydrogen (secondary N) is 1. The Labute approximate surface area is 217 Å². The van der Waals surface area contributed by atoms with Gasteiger partial charge in [0.15, 0.2) is 0 Å². The van der Waals surface area contributed by atoms with E-state index in [1.54, 1.807) is 16.0 Å². The largest absolute Gasteiger partial charge is 0.292 e. The second-order valence-corrected chi connectivity index (χ2v) is 12.8. The first-order valence-electron chi connectivity index (χ1n) is 12.2. The van der Waals surface area contributed by atoms with Gasteiger partial charge in [0.25, 0.3) is 5.56 Å². The third kappa shape index (κ3) is 5.77. The maximum atomic E-state index is 13.4. The zero-order chi connectivity index (χ0) is 26.1. The molecule has 0 bridgehead atoms. The average molecular weight is 524 g/mol. The number of hydrogen-bond donors (Lipinski definition) is 1. The Balaban J connectivity index is 1.68. The monoisotopic (exact) mass is 523 g/mol. The fraction of sp³-hybridized carbons (Fsp3) is 0.357. The number of thiophene rings is 1. The number of benzene rings is 2. The number of sulfonamides is 1. The lowest BCUT2D eigenvalue weighted by molar-refractivity contribution is 0.492. The standard InChI is InChI=1S/C28H33N3O3S2/c1-6-7-8-25-29-23-14-9-19(2)17-22(23)27(32)31(25)18-20-10-12-21(13-11-20)26-24(15-16-35-26)36(33,34)30-28(3,4)5/h9-17,30H,6-8,18H2,1-5H3. The van der Waals surface area contributed by atoms with Crippen LogP contribution in [0.25, 0.3) is 21.3 Å². The molecule has 0 unspecified atom stereocenters. The van der Waals surface area contributed by atoms with Crippen LogP contribution in [0, 0.1) is 6.92 Å². The third-order valence-electron chi connectivity index (χ3n) is 5.86. The Hall–Kier alpha value is -2.81. The van der Waals surface area contributed by atoms with E-state index >= 15 is 0 Å².